The van der Waals surface area contributed by atoms with Crippen molar-refractivity contribution in [3.05, 3.63) is 71.8 Å². The van der Waals surface area contributed by atoms with Crippen molar-refractivity contribution in [2.45, 2.75) is 51.6 Å². The third-order valence-electron chi connectivity index (χ3n) is 4.33. The third kappa shape index (κ3) is 7.26. The number of hydrogen-bond acceptors (Lipinski definition) is 4. The van der Waals surface area contributed by atoms with Crippen molar-refractivity contribution in [1.29, 1.82) is 0 Å². The molecule has 1 atom stereocenters. The van der Waals surface area contributed by atoms with Crippen molar-refractivity contribution in [1.82, 2.24) is 0 Å². The number of Topliss-reactive ketones (excluding diaryl/α,β-unsaturated/α-hetero) is 1. The van der Waals surface area contributed by atoms with E-state index in [1.807, 2.05) is 24.3 Å². The Hall–Kier alpha value is -2.62. The minimum absolute atomic E-state index is 0.265. The summed E-state index contributed by atoms with van der Waals surface area (Å²) in [7, 11) is 0. The number of ketones is 1. The van der Waals surface area contributed by atoms with E-state index in [-0.39, 0.29) is 5.78 Å². The van der Waals surface area contributed by atoms with Gasteiger partial charge in [-0.2, -0.15) is 0 Å². The summed E-state index contributed by atoms with van der Waals surface area (Å²) in [6, 6.07) is 17.8. The van der Waals surface area contributed by atoms with Crippen LogP contribution in [0.2, 0.25) is 0 Å². The van der Waals surface area contributed by atoms with Crippen LogP contribution in [0.15, 0.2) is 60.7 Å². The summed E-state index contributed by atoms with van der Waals surface area (Å²) in [6.07, 6.45) is 4.82. The van der Waals surface area contributed by atoms with E-state index in [0.717, 1.165) is 19.3 Å². The van der Waals surface area contributed by atoms with E-state index >= 15 is 0 Å². The average Bonchev–Trinajstić information content (AvgIpc) is 2.72. The Bertz CT molecular complexity index is 682. The molecule has 0 amide bonds. The number of benzene rings is 2. The summed E-state index contributed by atoms with van der Waals surface area (Å²) in [5, 5.41) is 0. The fourth-order valence-corrected chi connectivity index (χ4v) is 2.82. The zero-order chi connectivity index (χ0) is 19.3. The maximum Gasteiger partial charge on any atom is 0.509 e. The lowest BCUT2D eigenvalue weighted by molar-refractivity contribution is 0.0215. The molecule has 2 rings (SSSR count). The second-order valence-corrected chi connectivity index (χ2v) is 6.51. The Morgan fingerprint density at radius 1 is 0.815 bits per heavy atom. The molecule has 2 aromatic rings. The van der Waals surface area contributed by atoms with Crippen LogP contribution < -0.4 is 0 Å². The molecule has 0 spiro atoms. The fourth-order valence-electron chi connectivity index (χ4n) is 2.82. The van der Waals surface area contributed by atoms with Crippen molar-refractivity contribution in [2.24, 2.45) is 0 Å². The lowest BCUT2D eigenvalue weighted by atomic mass is 10.00. The molecule has 2 aromatic carbocycles. The molecular formula is C23H28O4. The molecule has 0 radical (unpaired) electrons. The van der Waals surface area contributed by atoms with E-state index in [1.54, 1.807) is 36.4 Å². The Morgan fingerprint density at radius 3 is 2.07 bits per heavy atom. The Labute approximate surface area is 161 Å². The molecule has 0 saturated carbocycles. The van der Waals surface area contributed by atoms with Crippen molar-refractivity contribution in [3.63, 3.8) is 0 Å². The maximum atomic E-state index is 12.8. The second kappa shape index (κ2) is 11.9. The highest BCUT2D eigenvalue weighted by atomic mass is 16.7. The molecule has 0 fully saturated rings. The van der Waals surface area contributed by atoms with E-state index in [1.165, 1.54) is 19.3 Å². The average molecular weight is 368 g/mol. The molecule has 0 heterocycles. The second-order valence-electron chi connectivity index (χ2n) is 6.51. The van der Waals surface area contributed by atoms with Gasteiger partial charge in [-0.05, 0) is 6.42 Å². The van der Waals surface area contributed by atoms with Crippen LogP contribution in [0.5, 0.6) is 0 Å². The molecule has 4 heteroatoms. The lowest BCUT2D eigenvalue weighted by Crippen LogP contribution is -2.21. The Balaban J connectivity index is 1.91. The van der Waals surface area contributed by atoms with Crippen molar-refractivity contribution < 1.29 is 19.1 Å². The summed E-state index contributed by atoms with van der Waals surface area (Å²) >= 11 is 0. The van der Waals surface area contributed by atoms with Crippen LogP contribution in [0.3, 0.4) is 0 Å². The Morgan fingerprint density at radius 2 is 1.41 bits per heavy atom. The van der Waals surface area contributed by atoms with Gasteiger partial charge in [-0.1, -0.05) is 99.7 Å². The lowest BCUT2D eigenvalue weighted by Gasteiger charge is -2.17. The first-order chi connectivity index (χ1) is 13.2. The molecule has 27 heavy (non-hydrogen) atoms. The minimum atomic E-state index is -1.01. The highest BCUT2D eigenvalue weighted by Crippen LogP contribution is 2.23. The third-order valence-corrected chi connectivity index (χ3v) is 4.33. The van der Waals surface area contributed by atoms with E-state index in [9.17, 15) is 9.59 Å². The molecule has 0 saturated heterocycles. The molecule has 0 aliphatic heterocycles. The number of carbonyl (C=O) groups is 2. The summed E-state index contributed by atoms with van der Waals surface area (Å²) in [6.45, 7) is 2.49. The molecule has 4 nitrogen and oxygen atoms in total. The molecule has 0 aliphatic carbocycles. The first-order valence-corrected chi connectivity index (χ1v) is 9.70. The van der Waals surface area contributed by atoms with Gasteiger partial charge in [-0.3, -0.25) is 4.79 Å². The van der Waals surface area contributed by atoms with Crippen LogP contribution >= 0.6 is 0 Å². The zero-order valence-corrected chi connectivity index (χ0v) is 15.9. The maximum absolute atomic E-state index is 12.8. The summed E-state index contributed by atoms with van der Waals surface area (Å²) in [5.74, 6) is -0.265. The first-order valence-electron chi connectivity index (χ1n) is 9.70. The van der Waals surface area contributed by atoms with Crippen LogP contribution in [-0.4, -0.2) is 18.5 Å². The Kier molecular flexibility index (Phi) is 9.11. The number of rotatable bonds is 11. The van der Waals surface area contributed by atoms with Gasteiger partial charge in [0.05, 0.1) is 6.61 Å². The molecule has 0 unspecified atom stereocenters. The number of ether oxygens (including phenoxy) is 2. The molecular weight excluding hydrogens is 340 g/mol. The standard InChI is InChI=1S/C23H28O4/c1-2-3-4-5-6-13-18-26-23(25)27-22(20-16-11-8-12-17-20)21(24)19-14-9-7-10-15-19/h7-12,14-17,22H,2-6,13,18H2,1H3/t22-/m1/s1. The fraction of sp³-hybridized carbons (Fsp3) is 0.391. The summed E-state index contributed by atoms with van der Waals surface area (Å²) < 4.78 is 10.6. The van der Waals surface area contributed by atoms with Gasteiger partial charge in [0.2, 0.25) is 5.78 Å². The van der Waals surface area contributed by atoms with Crippen molar-refractivity contribution >= 4 is 11.9 Å². The van der Waals surface area contributed by atoms with E-state index in [0.29, 0.717) is 17.7 Å². The molecule has 0 bridgehead atoms. The largest absolute Gasteiger partial charge is 0.509 e. The normalized spacial score (nSPS) is 11.6. The smallest absolute Gasteiger partial charge is 0.434 e. The summed E-state index contributed by atoms with van der Waals surface area (Å²) in [4.78, 5) is 24.9. The highest BCUT2D eigenvalue weighted by molar-refractivity contribution is 6.00. The molecule has 0 N–H and O–H groups in total. The number of hydrogen-bond donors (Lipinski definition) is 0. The van der Waals surface area contributed by atoms with Crippen LogP contribution in [0.4, 0.5) is 4.79 Å². The zero-order valence-electron chi connectivity index (χ0n) is 15.9. The first kappa shape index (κ1) is 20.7. The molecule has 0 aromatic heterocycles. The van der Waals surface area contributed by atoms with Gasteiger partial charge in [0, 0.05) is 11.1 Å². The highest BCUT2D eigenvalue weighted by Gasteiger charge is 2.26. The SMILES string of the molecule is CCCCCCCCOC(=O)O[C@@H](C(=O)c1ccccc1)c1ccccc1. The predicted octanol–water partition coefficient (Wildman–Crippen LogP) is 6.12. The number of unbranched alkanes of at least 4 members (excludes halogenated alkanes) is 5. The summed E-state index contributed by atoms with van der Waals surface area (Å²) in [5.41, 5.74) is 1.12. The van der Waals surface area contributed by atoms with Gasteiger partial charge < -0.3 is 9.47 Å². The van der Waals surface area contributed by atoms with Crippen molar-refractivity contribution in [2.75, 3.05) is 6.61 Å². The van der Waals surface area contributed by atoms with E-state index in [4.69, 9.17) is 9.47 Å². The van der Waals surface area contributed by atoms with Gasteiger partial charge in [0.15, 0.2) is 6.10 Å². The molecule has 144 valence electrons. The van der Waals surface area contributed by atoms with Crippen LogP contribution in [0, 0.1) is 0 Å². The molecule has 0 aliphatic rings. The van der Waals surface area contributed by atoms with Gasteiger partial charge >= 0.3 is 6.16 Å². The van der Waals surface area contributed by atoms with Crippen LogP contribution in [-0.2, 0) is 9.47 Å². The monoisotopic (exact) mass is 368 g/mol. The van der Waals surface area contributed by atoms with Crippen molar-refractivity contribution in [3.8, 4) is 0 Å². The van der Waals surface area contributed by atoms with Gasteiger partial charge in [0.25, 0.3) is 0 Å². The number of carbonyl (C=O) groups excluding carboxylic acids is 2. The van der Waals surface area contributed by atoms with Gasteiger partial charge in [-0.25, -0.2) is 4.79 Å². The van der Waals surface area contributed by atoms with Gasteiger partial charge in [0.1, 0.15) is 0 Å². The quantitative estimate of drug-likeness (QED) is 0.272. The minimum Gasteiger partial charge on any atom is -0.434 e. The predicted molar refractivity (Wildman–Crippen MR) is 106 cm³/mol. The van der Waals surface area contributed by atoms with E-state index in [2.05, 4.69) is 6.92 Å². The van der Waals surface area contributed by atoms with Crippen LogP contribution in [0.1, 0.15) is 67.5 Å². The van der Waals surface area contributed by atoms with E-state index < -0.39 is 12.3 Å². The van der Waals surface area contributed by atoms with Gasteiger partial charge in [-0.15, -0.1) is 0 Å². The van der Waals surface area contributed by atoms with Crippen LogP contribution in [0.25, 0.3) is 0 Å². The topological polar surface area (TPSA) is 52.6 Å².